The molecule has 0 radical (unpaired) electrons. The Bertz CT molecular complexity index is 812. The average Bonchev–Trinajstić information content (AvgIpc) is 3.10. The Kier molecular flexibility index (Phi) is 5.35. The Labute approximate surface area is 177 Å². The van der Waals surface area contributed by atoms with Crippen LogP contribution in [0.1, 0.15) is 66.2 Å². The van der Waals surface area contributed by atoms with Crippen molar-refractivity contribution in [2.75, 3.05) is 0 Å². The molecule has 4 rings (SSSR count). The van der Waals surface area contributed by atoms with Crippen LogP contribution in [0.3, 0.4) is 0 Å². The summed E-state index contributed by atoms with van der Waals surface area (Å²) in [5.41, 5.74) is 0.551. The highest BCUT2D eigenvalue weighted by Crippen LogP contribution is 2.62. The average molecular weight is 405 g/mol. The first-order chi connectivity index (χ1) is 13.8. The van der Waals surface area contributed by atoms with Gasteiger partial charge < -0.3 is 0 Å². The van der Waals surface area contributed by atoms with Gasteiger partial charge in [-0.15, -0.1) is 0 Å². The summed E-state index contributed by atoms with van der Waals surface area (Å²) >= 11 is 0. The maximum absolute atomic E-state index is 13.0. The molecule has 0 amide bonds. The Morgan fingerprint density at radius 1 is 0.931 bits per heavy atom. The predicted octanol–water partition coefficient (Wildman–Crippen LogP) is 5.98. The summed E-state index contributed by atoms with van der Waals surface area (Å²) in [6.07, 6.45) is 7.21. The first-order valence-corrected chi connectivity index (χ1v) is 13.5. The molecule has 2 heteroatoms. The van der Waals surface area contributed by atoms with Crippen molar-refractivity contribution >= 4 is 24.2 Å². The molecule has 0 unspecified atom stereocenters. The Balaban J connectivity index is 1.93. The predicted molar refractivity (Wildman–Crippen MR) is 126 cm³/mol. The van der Waals surface area contributed by atoms with Gasteiger partial charge >= 0.3 is 0 Å². The summed E-state index contributed by atoms with van der Waals surface area (Å²) in [7, 11) is -2.15. The zero-order chi connectivity index (χ0) is 20.7. The molecule has 0 aliphatic heterocycles. The topological polar surface area (TPSA) is 17.1 Å². The van der Waals surface area contributed by atoms with Gasteiger partial charge in [-0.2, -0.15) is 0 Å². The molecular weight excluding hydrogens is 368 g/mol. The first kappa shape index (κ1) is 20.6. The van der Waals surface area contributed by atoms with Crippen molar-refractivity contribution in [3.63, 3.8) is 0 Å². The van der Waals surface area contributed by atoms with Gasteiger partial charge in [0.1, 0.15) is 13.9 Å². The summed E-state index contributed by atoms with van der Waals surface area (Å²) in [5, 5.41) is 3.26. The lowest BCUT2D eigenvalue weighted by Gasteiger charge is -2.49. The normalized spacial score (nSPS) is 27.4. The second kappa shape index (κ2) is 7.54. The lowest BCUT2D eigenvalue weighted by atomic mass is 9.66. The molecule has 2 aromatic rings. The number of carbonyl (C=O) groups is 1. The van der Waals surface area contributed by atoms with Crippen LogP contribution in [0.4, 0.5) is 0 Å². The smallest absolute Gasteiger partial charge is 0.136 e. The summed E-state index contributed by atoms with van der Waals surface area (Å²) < 4.78 is 0. The van der Waals surface area contributed by atoms with E-state index in [2.05, 4.69) is 81.4 Å². The molecular formula is C27H36OSi. The van der Waals surface area contributed by atoms with Gasteiger partial charge in [-0.05, 0) is 49.1 Å². The van der Waals surface area contributed by atoms with Crippen molar-refractivity contribution in [1.29, 1.82) is 0 Å². The highest BCUT2D eigenvalue weighted by Gasteiger charge is 2.61. The van der Waals surface area contributed by atoms with E-state index in [1.54, 1.807) is 10.4 Å². The summed E-state index contributed by atoms with van der Waals surface area (Å²) in [6.45, 7) is 9.26. The van der Waals surface area contributed by atoms with Crippen LogP contribution in [-0.4, -0.2) is 13.9 Å². The fraction of sp³-hybridized carbons (Fsp3) is 0.519. The molecule has 2 aliphatic rings. The van der Waals surface area contributed by atoms with Crippen LogP contribution in [0.15, 0.2) is 60.7 Å². The van der Waals surface area contributed by atoms with E-state index in [1.165, 1.54) is 25.7 Å². The summed E-state index contributed by atoms with van der Waals surface area (Å²) in [6, 6.07) is 22.7. The molecule has 2 aromatic carbocycles. The minimum Gasteiger partial charge on any atom is -0.299 e. The highest BCUT2D eigenvalue weighted by atomic mass is 28.3. The molecule has 0 bridgehead atoms. The number of hydrogen-bond acceptors (Lipinski definition) is 1. The van der Waals surface area contributed by atoms with Crippen LogP contribution in [0.25, 0.3) is 0 Å². The minimum atomic E-state index is -2.15. The fourth-order valence-electron chi connectivity index (χ4n) is 7.25. The summed E-state index contributed by atoms with van der Waals surface area (Å²) in [5.74, 6) is 1.04. The van der Waals surface area contributed by atoms with Crippen LogP contribution >= 0.6 is 0 Å². The molecule has 0 aromatic heterocycles. The third-order valence-electron chi connectivity index (χ3n) is 8.34. The number of fused-ring (bicyclic) bond motifs is 1. The molecule has 2 fully saturated rings. The van der Waals surface area contributed by atoms with Crippen LogP contribution in [0, 0.1) is 11.3 Å². The van der Waals surface area contributed by atoms with Gasteiger partial charge in [-0.3, -0.25) is 4.79 Å². The second-order valence-electron chi connectivity index (χ2n) is 10.6. The molecule has 0 saturated heterocycles. The van der Waals surface area contributed by atoms with E-state index in [4.69, 9.17) is 0 Å². The van der Waals surface area contributed by atoms with Crippen LogP contribution in [0.2, 0.25) is 10.6 Å². The van der Waals surface area contributed by atoms with E-state index in [9.17, 15) is 4.79 Å². The Hall–Kier alpha value is -1.67. The fourth-order valence-corrected chi connectivity index (χ4v) is 14.2. The monoisotopic (exact) mass is 404 g/mol. The van der Waals surface area contributed by atoms with Crippen LogP contribution in [-0.2, 0) is 4.79 Å². The molecule has 0 spiro atoms. The number of ketones is 1. The molecule has 0 heterocycles. The Morgan fingerprint density at radius 3 is 1.93 bits per heavy atom. The van der Waals surface area contributed by atoms with Crippen LogP contribution < -0.4 is 10.4 Å². The van der Waals surface area contributed by atoms with Crippen molar-refractivity contribution in [3.8, 4) is 0 Å². The molecule has 3 atom stereocenters. The lowest BCUT2D eigenvalue weighted by molar-refractivity contribution is -0.130. The number of carbonyl (C=O) groups excluding carboxylic acids is 1. The Morgan fingerprint density at radius 2 is 1.48 bits per heavy atom. The zero-order valence-corrected chi connectivity index (χ0v) is 19.6. The molecule has 29 heavy (non-hydrogen) atoms. The molecule has 154 valence electrons. The standard InChI is InChI=1S/C27H36OSi/c1-21(28)27-18-12-11-13-22(27)19-25(20-27)29(26(2,3)4,23-14-7-5-8-15-23)24-16-9-6-10-17-24/h5-10,14-17,22,25H,11-13,18-20H2,1-4H3/t22-,25+,27+/m0/s1. The largest absolute Gasteiger partial charge is 0.299 e. The number of benzene rings is 2. The number of hydrogen-bond donors (Lipinski definition) is 0. The van der Waals surface area contributed by atoms with Crippen molar-refractivity contribution in [3.05, 3.63) is 60.7 Å². The van der Waals surface area contributed by atoms with Gasteiger partial charge in [0.25, 0.3) is 0 Å². The second-order valence-corrected chi connectivity index (χ2v) is 15.7. The lowest BCUT2D eigenvalue weighted by Crippen LogP contribution is -2.67. The van der Waals surface area contributed by atoms with Crippen molar-refractivity contribution in [2.24, 2.45) is 11.3 Å². The van der Waals surface area contributed by atoms with E-state index in [0.29, 0.717) is 17.2 Å². The zero-order valence-electron chi connectivity index (χ0n) is 18.6. The van der Waals surface area contributed by atoms with Gasteiger partial charge in [-0.25, -0.2) is 0 Å². The molecule has 0 N–H and O–H groups in total. The van der Waals surface area contributed by atoms with Gasteiger partial charge in [-0.1, -0.05) is 105 Å². The minimum absolute atomic E-state index is 0.0595. The van der Waals surface area contributed by atoms with Gasteiger partial charge in [0.05, 0.1) is 0 Å². The van der Waals surface area contributed by atoms with Gasteiger partial charge in [0.2, 0.25) is 0 Å². The number of rotatable bonds is 4. The highest BCUT2D eigenvalue weighted by molar-refractivity contribution is 7.05. The first-order valence-electron chi connectivity index (χ1n) is 11.4. The maximum atomic E-state index is 13.0. The third kappa shape index (κ3) is 3.15. The van der Waals surface area contributed by atoms with E-state index >= 15 is 0 Å². The molecule has 2 saturated carbocycles. The quantitative estimate of drug-likeness (QED) is 0.573. The molecule has 2 aliphatic carbocycles. The van der Waals surface area contributed by atoms with E-state index < -0.39 is 8.07 Å². The third-order valence-corrected chi connectivity index (χ3v) is 14.9. The van der Waals surface area contributed by atoms with Crippen molar-refractivity contribution in [1.82, 2.24) is 0 Å². The van der Waals surface area contributed by atoms with E-state index in [0.717, 1.165) is 12.8 Å². The van der Waals surface area contributed by atoms with E-state index in [1.807, 2.05) is 6.92 Å². The number of Topliss-reactive ketones (excluding diaryl/α,β-unsaturated/α-hetero) is 1. The van der Waals surface area contributed by atoms with Gasteiger partial charge in [0, 0.05) is 5.41 Å². The summed E-state index contributed by atoms with van der Waals surface area (Å²) in [4.78, 5) is 13.0. The van der Waals surface area contributed by atoms with E-state index in [-0.39, 0.29) is 10.5 Å². The van der Waals surface area contributed by atoms with Crippen LogP contribution in [0.5, 0.6) is 0 Å². The van der Waals surface area contributed by atoms with Crippen molar-refractivity contribution < 1.29 is 4.79 Å². The van der Waals surface area contributed by atoms with Crippen molar-refractivity contribution in [2.45, 2.75) is 76.8 Å². The maximum Gasteiger partial charge on any atom is 0.136 e. The SMILES string of the molecule is CC(=O)[C@]12CCCC[C@H]1C[C@@H]([Si](c1ccccc1)(c1ccccc1)C(C)(C)C)C2. The molecule has 1 nitrogen and oxygen atoms in total. The van der Waals surface area contributed by atoms with Gasteiger partial charge in [0.15, 0.2) is 0 Å².